The lowest BCUT2D eigenvalue weighted by Gasteiger charge is -2.32. The highest BCUT2D eigenvalue weighted by Gasteiger charge is 2.28. The van der Waals surface area contributed by atoms with Gasteiger partial charge < -0.3 is 10.6 Å². The van der Waals surface area contributed by atoms with Crippen LogP contribution in [0, 0.1) is 5.92 Å². The summed E-state index contributed by atoms with van der Waals surface area (Å²) < 4.78 is 0. The smallest absolute Gasteiger partial charge is 0.239 e. The van der Waals surface area contributed by atoms with Crippen molar-refractivity contribution >= 4 is 23.3 Å². The van der Waals surface area contributed by atoms with Crippen LogP contribution in [-0.2, 0) is 4.79 Å². The zero-order chi connectivity index (χ0) is 14.7. The molecule has 0 unspecified atom stereocenters. The second-order valence-corrected chi connectivity index (χ2v) is 5.70. The molecular weight excluding hydrogens is 276 g/mol. The molecule has 2 rings (SSSR count). The first-order chi connectivity index (χ1) is 9.49. The molecule has 1 aliphatic rings. The summed E-state index contributed by atoms with van der Waals surface area (Å²) in [6.45, 7) is 2.89. The van der Waals surface area contributed by atoms with E-state index in [1.165, 1.54) is 0 Å². The van der Waals surface area contributed by atoms with Crippen LogP contribution in [0.4, 0.5) is 0 Å². The van der Waals surface area contributed by atoms with Crippen molar-refractivity contribution in [3.63, 3.8) is 0 Å². The number of likely N-dealkylation sites (tertiary alicyclic amines) is 1. The van der Waals surface area contributed by atoms with E-state index in [2.05, 4.69) is 0 Å². The molecule has 1 aromatic carbocycles. The summed E-state index contributed by atoms with van der Waals surface area (Å²) in [6.07, 6.45) is 1.39. The third-order valence-electron chi connectivity index (χ3n) is 3.70. The van der Waals surface area contributed by atoms with Crippen molar-refractivity contribution in [2.45, 2.75) is 25.8 Å². The van der Waals surface area contributed by atoms with Crippen LogP contribution in [-0.4, -0.2) is 35.7 Å². The van der Waals surface area contributed by atoms with Crippen molar-refractivity contribution in [1.82, 2.24) is 4.90 Å². The first-order valence-corrected chi connectivity index (χ1v) is 7.21. The van der Waals surface area contributed by atoms with Gasteiger partial charge in [-0.2, -0.15) is 0 Å². The second-order valence-electron chi connectivity index (χ2n) is 5.26. The van der Waals surface area contributed by atoms with E-state index >= 15 is 0 Å². The summed E-state index contributed by atoms with van der Waals surface area (Å²) >= 11 is 5.82. The number of piperidine rings is 1. The quantitative estimate of drug-likeness (QED) is 0.869. The highest BCUT2D eigenvalue weighted by Crippen LogP contribution is 2.23. The molecule has 0 radical (unpaired) electrons. The normalized spacial score (nSPS) is 17.9. The van der Waals surface area contributed by atoms with Crippen molar-refractivity contribution in [3.05, 3.63) is 34.9 Å². The Morgan fingerprint density at radius 2 is 1.80 bits per heavy atom. The van der Waals surface area contributed by atoms with Crippen molar-refractivity contribution < 1.29 is 9.59 Å². The molecule has 1 aliphatic heterocycles. The van der Waals surface area contributed by atoms with Crippen LogP contribution in [0.15, 0.2) is 24.3 Å². The molecule has 1 heterocycles. The van der Waals surface area contributed by atoms with Crippen LogP contribution in [0.2, 0.25) is 5.02 Å². The lowest BCUT2D eigenvalue weighted by Crippen LogP contribution is -2.46. The molecule has 0 saturated carbocycles. The molecule has 2 N–H and O–H groups in total. The van der Waals surface area contributed by atoms with Crippen molar-refractivity contribution in [2.75, 3.05) is 13.1 Å². The molecule has 5 heteroatoms. The molecule has 1 amide bonds. The fourth-order valence-corrected chi connectivity index (χ4v) is 2.63. The van der Waals surface area contributed by atoms with Crippen LogP contribution < -0.4 is 5.73 Å². The SMILES string of the molecule is C[C@@H](N)C(=O)N1CCC(C(=O)c2ccc(Cl)cc2)CC1. The van der Waals surface area contributed by atoms with Gasteiger partial charge in [0.2, 0.25) is 5.91 Å². The van der Waals surface area contributed by atoms with Gasteiger partial charge in [-0.1, -0.05) is 11.6 Å². The summed E-state index contributed by atoms with van der Waals surface area (Å²) in [5.74, 6) is 0.0743. The van der Waals surface area contributed by atoms with Gasteiger partial charge >= 0.3 is 0 Å². The third-order valence-corrected chi connectivity index (χ3v) is 3.95. The predicted molar refractivity (Wildman–Crippen MR) is 78.7 cm³/mol. The molecule has 1 atom stereocenters. The Labute approximate surface area is 123 Å². The lowest BCUT2D eigenvalue weighted by molar-refractivity contribution is -0.133. The van der Waals surface area contributed by atoms with Gasteiger partial charge in [-0.25, -0.2) is 0 Å². The lowest BCUT2D eigenvalue weighted by atomic mass is 9.89. The molecule has 20 heavy (non-hydrogen) atoms. The Morgan fingerprint density at radius 3 is 2.30 bits per heavy atom. The number of nitrogens with zero attached hydrogens (tertiary/aromatic N) is 1. The summed E-state index contributed by atoms with van der Waals surface area (Å²) in [6, 6.07) is 6.49. The Morgan fingerprint density at radius 1 is 1.25 bits per heavy atom. The Balaban J connectivity index is 1.95. The minimum Gasteiger partial charge on any atom is -0.341 e. The Kier molecular flexibility index (Phi) is 4.78. The highest BCUT2D eigenvalue weighted by molar-refractivity contribution is 6.30. The molecule has 0 aromatic heterocycles. The zero-order valence-corrected chi connectivity index (χ0v) is 12.3. The zero-order valence-electron chi connectivity index (χ0n) is 11.5. The van der Waals surface area contributed by atoms with E-state index < -0.39 is 6.04 Å². The molecule has 4 nitrogen and oxygen atoms in total. The Hall–Kier alpha value is -1.39. The maximum absolute atomic E-state index is 12.4. The van der Waals surface area contributed by atoms with Gasteiger partial charge in [-0.05, 0) is 44.0 Å². The fourth-order valence-electron chi connectivity index (χ4n) is 2.50. The molecule has 1 aromatic rings. The number of carbonyl (C=O) groups is 2. The van der Waals surface area contributed by atoms with Gasteiger partial charge in [0, 0.05) is 29.6 Å². The fraction of sp³-hybridized carbons (Fsp3) is 0.467. The standard InChI is InChI=1S/C15H19ClN2O2/c1-10(17)15(20)18-8-6-12(7-9-18)14(19)11-2-4-13(16)5-3-11/h2-5,10,12H,6-9,17H2,1H3/t10-/m1/s1. The van der Waals surface area contributed by atoms with Gasteiger partial charge in [-0.15, -0.1) is 0 Å². The number of carbonyl (C=O) groups excluding carboxylic acids is 2. The predicted octanol–water partition coefficient (Wildman–Crippen LogP) is 2.11. The van der Waals surface area contributed by atoms with Gasteiger partial charge in [0.1, 0.15) is 0 Å². The average molecular weight is 295 g/mol. The van der Waals surface area contributed by atoms with Gasteiger partial charge in [0.05, 0.1) is 6.04 Å². The van der Waals surface area contributed by atoms with Crippen molar-refractivity contribution in [1.29, 1.82) is 0 Å². The van der Waals surface area contributed by atoms with Crippen LogP contribution in [0.25, 0.3) is 0 Å². The molecule has 0 spiro atoms. The van der Waals surface area contributed by atoms with Crippen LogP contribution in [0.5, 0.6) is 0 Å². The highest BCUT2D eigenvalue weighted by atomic mass is 35.5. The van der Waals surface area contributed by atoms with E-state index in [1.807, 2.05) is 0 Å². The summed E-state index contributed by atoms with van der Waals surface area (Å²) in [5, 5.41) is 0.624. The van der Waals surface area contributed by atoms with E-state index in [-0.39, 0.29) is 17.6 Å². The number of halogens is 1. The van der Waals surface area contributed by atoms with Crippen LogP contribution in [0.3, 0.4) is 0 Å². The number of rotatable bonds is 3. The van der Waals surface area contributed by atoms with E-state index in [4.69, 9.17) is 17.3 Å². The van der Waals surface area contributed by atoms with E-state index in [0.717, 1.165) is 0 Å². The molecule has 0 aliphatic carbocycles. The Bertz CT molecular complexity index is 491. The van der Waals surface area contributed by atoms with Gasteiger partial charge in [-0.3, -0.25) is 9.59 Å². The first kappa shape index (κ1) is 15.0. The number of hydrogen-bond acceptors (Lipinski definition) is 3. The van der Waals surface area contributed by atoms with E-state index in [1.54, 1.807) is 36.1 Å². The summed E-state index contributed by atoms with van der Waals surface area (Å²) in [4.78, 5) is 25.9. The second kappa shape index (κ2) is 6.37. The summed E-state index contributed by atoms with van der Waals surface area (Å²) in [7, 11) is 0. The molecule has 0 bridgehead atoms. The molecular formula is C15H19ClN2O2. The topological polar surface area (TPSA) is 63.4 Å². The average Bonchev–Trinajstić information content (AvgIpc) is 2.46. The van der Waals surface area contributed by atoms with Crippen molar-refractivity contribution in [3.8, 4) is 0 Å². The van der Waals surface area contributed by atoms with E-state index in [9.17, 15) is 9.59 Å². The molecule has 1 saturated heterocycles. The van der Waals surface area contributed by atoms with Gasteiger partial charge in [0.25, 0.3) is 0 Å². The number of hydrogen-bond donors (Lipinski definition) is 1. The monoisotopic (exact) mass is 294 g/mol. The molecule has 108 valence electrons. The van der Waals surface area contributed by atoms with Crippen LogP contribution in [0.1, 0.15) is 30.1 Å². The number of Topliss-reactive ketones (excluding diaryl/α,β-unsaturated/α-hetero) is 1. The number of benzene rings is 1. The van der Waals surface area contributed by atoms with Crippen LogP contribution >= 0.6 is 11.6 Å². The van der Waals surface area contributed by atoms with Crippen molar-refractivity contribution in [2.24, 2.45) is 11.7 Å². The largest absolute Gasteiger partial charge is 0.341 e. The summed E-state index contributed by atoms with van der Waals surface area (Å²) in [5.41, 5.74) is 6.28. The minimum absolute atomic E-state index is 0.0201. The number of ketones is 1. The maximum Gasteiger partial charge on any atom is 0.239 e. The van der Waals surface area contributed by atoms with Gasteiger partial charge in [0.15, 0.2) is 5.78 Å². The number of amides is 1. The third kappa shape index (κ3) is 3.38. The molecule has 1 fully saturated rings. The first-order valence-electron chi connectivity index (χ1n) is 6.83. The minimum atomic E-state index is -0.474. The number of nitrogens with two attached hydrogens (primary N) is 1. The van der Waals surface area contributed by atoms with E-state index in [0.29, 0.717) is 36.5 Å². The maximum atomic E-state index is 12.4.